The van der Waals surface area contributed by atoms with Crippen LogP contribution < -0.4 is 9.47 Å². The average Bonchev–Trinajstić information content (AvgIpc) is 3.09. The summed E-state index contributed by atoms with van der Waals surface area (Å²) in [4.78, 5) is 0.0908. The van der Waals surface area contributed by atoms with Crippen LogP contribution in [0.3, 0.4) is 0 Å². The molecule has 0 radical (unpaired) electrons. The predicted octanol–water partition coefficient (Wildman–Crippen LogP) is 2.89. The van der Waals surface area contributed by atoms with Gasteiger partial charge in [0, 0.05) is 0 Å². The fourth-order valence-corrected chi connectivity index (χ4v) is 3.30. The first-order chi connectivity index (χ1) is 12.0. The maximum Gasteiger partial charge on any atom is 0.297 e. The number of H-pyrrole nitrogens is 1. The summed E-state index contributed by atoms with van der Waals surface area (Å²) in [5.41, 5.74) is 1.75. The number of ether oxygens (including phenoxy) is 2. The highest BCUT2D eigenvalue weighted by Gasteiger charge is 2.21. The molecular weight excluding hydrogens is 344 g/mol. The van der Waals surface area contributed by atoms with Crippen LogP contribution in [0.1, 0.15) is 5.56 Å². The first-order valence-corrected chi connectivity index (χ1v) is 8.89. The number of nitrogens with one attached hydrogen (secondary N) is 1. The van der Waals surface area contributed by atoms with Gasteiger partial charge in [0.2, 0.25) is 0 Å². The normalized spacial score (nSPS) is 13.7. The number of aromatic amines is 1. The van der Waals surface area contributed by atoms with Gasteiger partial charge in [0.05, 0.1) is 22.0 Å². The predicted molar refractivity (Wildman–Crippen MR) is 89.7 cm³/mol. The Morgan fingerprint density at radius 2 is 1.96 bits per heavy atom. The van der Waals surface area contributed by atoms with Crippen LogP contribution in [0.25, 0.3) is 10.9 Å². The van der Waals surface area contributed by atoms with Crippen LogP contribution in [0.15, 0.2) is 59.5 Å². The molecule has 0 fully saturated rings. The Labute approximate surface area is 144 Å². The van der Waals surface area contributed by atoms with Crippen molar-refractivity contribution in [2.75, 3.05) is 6.61 Å². The highest BCUT2D eigenvalue weighted by atomic mass is 32.2. The molecule has 0 amide bonds. The number of aryl methyl sites for hydroxylation is 1. The van der Waals surface area contributed by atoms with Gasteiger partial charge in [0.25, 0.3) is 10.1 Å². The monoisotopic (exact) mass is 358 g/mol. The maximum absolute atomic E-state index is 12.2. The lowest BCUT2D eigenvalue weighted by molar-refractivity contribution is 0.251. The molecule has 1 aliphatic rings. The van der Waals surface area contributed by atoms with E-state index in [-0.39, 0.29) is 17.3 Å². The summed E-state index contributed by atoms with van der Waals surface area (Å²) in [7, 11) is -3.88. The van der Waals surface area contributed by atoms with Gasteiger partial charge in [-0.1, -0.05) is 17.7 Å². The molecule has 0 spiro atoms. The summed E-state index contributed by atoms with van der Waals surface area (Å²) in [6, 6.07) is 9.99. The van der Waals surface area contributed by atoms with Gasteiger partial charge < -0.3 is 9.47 Å². The number of hydrogen-bond acceptors (Lipinski definition) is 6. The summed E-state index contributed by atoms with van der Waals surface area (Å²) in [6.07, 6.45) is 2.95. The molecule has 0 saturated carbocycles. The molecular formula is C17H14N2O5S. The van der Waals surface area contributed by atoms with E-state index in [1.165, 1.54) is 18.4 Å². The van der Waals surface area contributed by atoms with E-state index in [2.05, 4.69) is 10.2 Å². The fourth-order valence-electron chi connectivity index (χ4n) is 2.43. The number of nitrogens with zero attached hydrogens (tertiary/aromatic N) is 1. The van der Waals surface area contributed by atoms with E-state index in [4.69, 9.17) is 13.7 Å². The van der Waals surface area contributed by atoms with E-state index >= 15 is 0 Å². The number of aromatic nitrogens is 2. The molecule has 8 heteroatoms. The minimum Gasteiger partial charge on any atom is -0.457 e. The lowest BCUT2D eigenvalue weighted by Gasteiger charge is -2.18. The molecule has 25 heavy (non-hydrogen) atoms. The molecule has 2 heterocycles. The summed E-state index contributed by atoms with van der Waals surface area (Å²) in [5, 5.41) is 7.53. The second kappa shape index (κ2) is 5.91. The van der Waals surface area contributed by atoms with Gasteiger partial charge in [-0.05, 0) is 31.2 Å². The van der Waals surface area contributed by atoms with E-state index in [1.807, 2.05) is 13.0 Å². The van der Waals surface area contributed by atoms with Crippen molar-refractivity contribution in [3.05, 3.63) is 60.2 Å². The molecule has 1 aromatic heterocycles. The molecule has 0 atom stereocenters. The molecule has 2 aromatic carbocycles. The van der Waals surface area contributed by atoms with E-state index in [1.54, 1.807) is 24.4 Å². The zero-order valence-electron chi connectivity index (χ0n) is 13.2. The zero-order chi connectivity index (χ0) is 17.4. The van der Waals surface area contributed by atoms with Crippen molar-refractivity contribution >= 4 is 21.0 Å². The highest BCUT2D eigenvalue weighted by Crippen LogP contribution is 2.38. The largest absolute Gasteiger partial charge is 0.457 e. The molecule has 0 saturated heterocycles. The van der Waals surface area contributed by atoms with Crippen LogP contribution in [-0.2, 0) is 14.3 Å². The smallest absolute Gasteiger partial charge is 0.297 e. The summed E-state index contributed by atoms with van der Waals surface area (Å²) in [5.74, 6) is 1.25. The maximum atomic E-state index is 12.2. The highest BCUT2D eigenvalue weighted by molar-refractivity contribution is 7.86. The van der Waals surface area contributed by atoms with Gasteiger partial charge in [-0.3, -0.25) is 9.28 Å². The Morgan fingerprint density at radius 3 is 2.76 bits per heavy atom. The summed E-state index contributed by atoms with van der Waals surface area (Å²) in [6.45, 7) is 1.60. The molecule has 1 aliphatic heterocycles. The fraction of sp³-hybridized carbons (Fsp3) is 0.118. The molecule has 128 valence electrons. The van der Waals surface area contributed by atoms with E-state index in [9.17, 15) is 8.42 Å². The Balaban J connectivity index is 1.52. The lowest BCUT2D eigenvalue weighted by Crippen LogP contribution is -2.14. The van der Waals surface area contributed by atoms with Crippen LogP contribution in [-0.4, -0.2) is 25.2 Å². The molecule has 1 N–H and O–H groups in total. The van der Waals surface area contributed by atoms with Crippen LogP contribution in [0.2, 0.25) is 0 Å². The molecule has 4 rings (SSSR count). The van der Waals surface area contributed by atoms with Gasteiger partial charge in [0.15, 0.2) is 17.3 Å². The van der Waals surface area contributed by atoms with Crippen molar-refractivity contribution in [3.8, 4) is 11.5 Å². The van der Waals surface area contributed by atoms with E-state index in [0.717, 1.165) is 16.5 Å². The third-order valence-electron chi connectivity index (χ3n) is 3.76. The van der Waals surface area contributed by atoms with E-state index in [0.29, 0.717) is 11.5 Å². The van der Waals surface area contributed by atoms with Crippen molar-refractivity contribution in [2.45, 2.75) is 11.8 Å². The molecule has 0 bridgehead atoms. The van der Waals surface area contributed by atoms with Crippen molar-refractivity contribution in [2.24, 2.45) is 0 Å². The first kappa shape index (κ1) is 15.7. The SMILES string of the molecule is Cc1ccc(S(=O)(=O)OCC2=COc3ccc4[nH]ncc4c3O2)cc1. The molecule has 0 aliphatic carbocycles. The number of rotatable bonds is 4. The second-order valence-electron chi connectivity index (χ2n) is 5.56. The van der Waals surface area contributed by atoms with Gasteiger partial charge in [0.1, 0.15) is 12.9 Å². The zero-order valence-corrected chi connectivity index (χ0v) is 14.0. The Bertz CT molecular complexity index is 1070. The van der Waals surface area contributed by atoms with Crippen molar-refractivity contribution in [3.63, 3.8) is 0 Å². The van der Waals surface area contributed by atoms with Crippen LogP contribution in [0, 0.1) is 6.92 Å². The molecule has 3 aromatic rings. The second-order valence-corrected chi connectivity index (χ2v) is 7.17. The lowest BCUT2D eigenvalue weighted by atomic mass is 10.2. The minimum absolute atomic E-state index is 0.0908. The van der Waals surface area contributed by atoms with Gasteiger partial charge in [-0.2, -0.15) is 13.5 Å². The van der Waals surface area contributed by atoms with E-state index < -0.39 is 10.1 Å². The third kappa shape index (κ3) is 2.97. The average molecular weight is 358 g/mol. The van der Waals surface area contributed by atoms with Crippen molar-refractivity contribution in [1.29, 1.82) is 0 Å². The number of hydrogen-bond donors (Lipinski definition) is 1. The van der Waals surface area contributed by atoms with Gasteiger partial charge in [-0.25, -0.2) is 0 Å². The number of benzene rings is 2. The van der Waals surface area contributed by atoms with Gasteiger partial charge >= 0.3 is 0 Å². The standard InChI is InChI=1S/C17H14N2O5S/c1-11-2-4-13(5-3-11)25(20,21)23-10-12-9-22-16-7-6-15-14(8-18-19-15)17(16)24-12/h2-9H,10H2,1H3,(H,18,19). The Morgan fingerprint density at radius 1 is 1.16 bits per heavy atom. The number of fused-ring (bicyclic) bond motifs is 3. The molecule has 7 nitrogen and oxygen atoms in total. The summed E-state index contributed by atoms with van der Waals surface area (Å²) >= 11 is 0. The van der Waals surface area contributed by atoms with Crippen molar-refractivity contribution in [1.82, 2.24) is 10.2 Å². The first-order valence-electron chi connectivity index (χ1n) is 7.49. The van der Waals surface area contributed by atoms with Crippen molar-refractivity contribution < 1.29 is 22.1 Å². The van der Waals surface area contributed by atoms with Crippen LogP contribution in [0.4, 0.5) is 0 Å². The third-order valence-corrected chi connectivity index (χ3v) is 5.03. The van der Waals surface area contributed by atoms with Crippen LogP contribution in [0.5, 0.6) is 11.5 Å². The summed E-state index contributed by atoms with van der Waals surface area (Å²) < 4.78 is 40.8. The topological polar surface area (TPSA) is 90.5 Å². The Hall–Kier alpha value is -2.84. The Kier molecular flexibility index (Phi) is 3.70. The quantitative estimate of drug-likeness (QED) is 0.721. The minimum atomic E-state index is -3.88. The molecule has 0 unspecified atom stereocenters. The van der Waals surface area contributed by atoms with Gasteiger partial charge in [-0.15, -0.1) is 0 Å². The van der Waals surface area contributed by atoms with Crippen LogP contribution >= 0.6 is 0 Å².